The number of methoxy groups -OCH3 is 4. The lowest BCUT2D eigenvalue weighted by atomic mass is 9.78. The number of Topliss-reactive ketones (excluding diaryl/α,β-unsaturated/α-hetero) is 1. The number of fused-ring (bicyclic) bond motifs is 3. The summed E-state index contributed by atoms with van der Waals surface area (Å²) in [5.41, 5.74) is 1.81. The van der Waals surface area contributed by atoms with Crippen LogP contribution in [0, 0.1) is 40.9 Å². The van der Waals surface area contributed by atoms with Crippen molar-refractivity contribution in [3.05, 3.63) is 47.6 Å². The lowest BCUT2D eigenvalue weighted by Crippen LogP contribution is -2.61. The number of esters is 2. The van der Waals surface area contributed by atoms with Crippen LogP contribution in [0.4, 0.5) is 0 Å². The van der Waals surface area contributed by atoms with Gasteiger partial charge in [-0.15, -0.1) is 0 Å². The second-order valence-corrected chi connectivity index (χ2v) is 24.7. The van der Waals surface area contributed by atoms with Crippen molar-refractivity contribution in [2.24, 2.45) is 35.5 Å². The number of aliphatic hydroxyl groups excluding tert-OH is 2. The number of piperazine rings is 1. The number of ketones is 1. The SMILES string of the molecule is CO[C@H]1C[C@@H]2CC[C@@H](C)[C@@](O)(O2)C(=O)C(=O)N2CCCC[C@H]2C(=O)O[C@H]([C@H](C)C[C@@H]2CC[C@@H](OC(=O)CCCCN3CCN(C)CC3)[C@H](OC)C2)C[C@@H](OC)[C@H](C)/C=C(\C)[C@@H](O)[C@@H](OC)C(=N)[C@H](C)C[C@H](C)/C=C/C=C/C=C/1C.O=C(O)CO. The molecule has 0 aromatic carbocycles. The van der Waals surface area contributed by atoms with Gasteiger partial charge in [0.15, 0.2) is 0 Å². The molecule has 20 heteroatoms. The van der Waals surface area contributed by atoms with Crippen molar-refractivity contribution >= 4 is 35.3 Å². The fraction of sp³-hybridized carbons (Fsp3) is 0.781. The van der Waals surface area contributed by atoms with Gasteiger partial charge in [-0.2, -0.15) is 0 Å². The number of hydrogen-bond acceptors (Lipinski definition) is 18. The van der Waals surface area contributed by atoms with Gasteiger partial charge in [-0.25, -0.2) is 9.59 Å². The van der Waals surface area contributed by atoms with Gasteiger partial charge in [0.25, 0.3) is 11.7 Å². The van der Waals surface area contributed by atoms with Crippen molar-refractivity contribution in [2.45, 2.75) is 205 Å². The largest absolute Gasteiger partial charge is 0.480 e. The van der Waals surface area contributed by atoms with Gasteiger partial charge in [-0.1, -0.05) is 71.1 Å². The number of aliphatic hydroxyl groups is 3. The zero-order valence-corrected chi connectivity index (χ0v) is 52.7. The fourth-order valence-corrected chi connectivity index (χ4v) is 12.6. The molecule has 0 radical (unpaired) electrons. The molecule has 84 heavy (non-hydrogen) atoms. The molecule has 16 atom stereocenters. The molecule has 0 aromatic heterocycles. The van der Waals surface area contributed by atoms with E-state index in [1.54, 1.807) is 28.3 Å². The summed E-state index contributed by atoms with van der Waals surface area (Å²) in [7, 11) is 8.52. The Bertz CT molecular complexity index is 2210. The molecule has 20 nitrogen and oxygen atoms in total. The van der Waals surface area contributed by atoms with Crippen LogP contribution in [0.25, 0.3) is 0 Å². The van der Waals surface area contributed by atoms with Crippen LogP contribution in [0.5, 0.6) is 0 Å². The van der Waals surface area contributed by atoms with Gasteiger partial charge >= 0.3 is 17.9 Å². The number of carbonyl (C=O) groups excluding carboxylic acids is 4. The van der Waals surface area contributed by atoms with E-state index in [-0.39, 0.29) is 67.2 Å². The van der Waals surface area contributed by atoms with Crippen molar-refractivity contribution in [3.8, 4) is 0 Å². The molecule has 1 amide bonds. The summed E-state index contributed by atoms with van der Waals surface area (Å²) in [5, 5.41) is 48.1. The normalized spacial score (nSPS) is 36.1. The lowest BCUT2D eigenvalue weighted by molar-refractivity contribution is -0.265. The zero-order valence-electron chi connectivity index (χ0n) is 52.7. The second-order valence-electron chi connectivity index (χ2n) is 24.7. The molecule has 0 unspecified atom stereocenters. The maximum absolute atomic E-state index is 14.8. The number of rotatable bonds is 14. The van der Waals surface area contributed by atoms with Crippen molar-refractivity contribution in [1.29, 1.82) is 5.41 Å². The Kier molecular flexibility index (Phi) is 31.1. The summed E-state index contributed by atoms with van der Waals surface area (Å²) >= 11 is 0. The predicted octanol–water partition coefficient (Wildman–Crippen LogP) is 7.11. The first-order valence-electron chi connectivity index (χ1n) is 30.9. The monoisotopic (exact) mass is 1190 g/mol. The van der Waals surface area contributed by atoms with E-state index in [2.05, 4.69) is 36.8 Å². The number of nitrogens with one attached hydrogen (secondary N) is 1. The van der Waals surface area contributed by atoms with E-state index in [4.69, 9.17) is 48.2 Å². The average molecular weight is 1190 g/mol. The number of carboxylic acid groups (broad SMARTS) is 1. The smallest absolute Gasteiger partial charge is 0.329 e. The summed E-state index contributed by atoms with van der Waals surface area (Å²) in [6, 6.07) is -1.08. The van der Waals surface area contributed by atoms with E-state index in [0.29, 0.717) is 75.5 Å². The molecule has 5 rings (SSSR count). The molecule has 3 saturated heterocycles. The Balaban J connectivity index is 0.00000290. The van der Waals surface area contributed by atoms with E-state index in [9.17, 15) is 34.8 Å². The standard InChI is InChI=1S/C62H102N4O13.C2H4O3/c1-40-20-14-13-15-21-41(2)51(73-9)38-48-26-24-46(7)62(72,79-48)59(69)60(70)66-29-19-16-22-49(66)61(71)78-53(39-52(74-10)42(3)35-45(6)57(68)58(76-12)56(63)44(5)34-40)43(4)36-47-25-27-50(54(37-47)75-11)77-55(67)23-17-18-28-65-32-30-64(8)31-33-65;3-1-2(4)5/h13-15,20-21,35,40,42-44,46-54,57-58,63,68,72H,16-19,22-34,36-39H2,1-12H3;3H,1H2,(H,4,5)/b15-13+,20-14+,41-21+,45-35+,63-56?;/t40-,42-,43-,44-,46-,47+,48+,49+,50-,51+,52-,53+,54-,57-,58+,62-;/m1./s1. The predicted molar refractivity (Wildman–Crippen MR) is 320 cm³/mol. The minimum Gasteiger partial charge on any atom is -0.480 e. The van der Waals surface area contributed by atoms with Crippen LogP contribution in [-0.4, -0.2) is 212 Å². The van der Waals surface area contributed by atoms with Gasteiger partial charge < -0.3 is 73.7 Å². The molecule has 2 bridgehead atoms. The van der Waals surface area contributed by atoms with E-state index < -0.39 is 84.6 Å². The minimum atomic E-state index is -2.41. The summed E-state index contributed by atoms with van der Waals surface area (Å²) in [5.74, 6) is -7.66. The first-order chi connectivity index (χ1) is 39.9. The molecular weight excluding hydrogens is 1080 g/mol. The molecule has 1 saturated carbocycles. The third-order valence-electron chi connectivity index (χ3n) is 18.1. The highest BCUT2D eigenvalue weighted by Gasteiger charge is 2.53. The van der Waals surface area contributed by atoms with E-state index in [1.807, 2.05) is 58.1 Å². The van der Waals surface area contributed by atoms with Crippen LogP contribution < -0.4 is 0 Å². The summed E-state index contributed by atoms with van der Waals surface area (Å²) in [4.78, 5) is 72.1. The molecule has 0 spiro atoms. The zero-order chi connectivity index (χ0) is 62.3. The van der Waals surface area contributed by atoms with Gasteiger partial charge in [0.2, 0.25) is 5.79 Å². The topological polar surface area (TPSA) is 264 Å². The van der Waals surface area contributed by atoms with Crippen molar-refractivity contribution in [2.75, 3.05) is 81.4 Å². The molecule has 478 valence electrons. The third-order valence-corrected chi connectivity index (χ3v) is 18.1. The van der Waals surface area contributed by atoms with Crippen LogP contribution in [0.3, 0.4) is 0 Å². The first-order valence-corrected chi connectivity index (χ1v) is 30.9. The van der Waals surface area contributed by atoms with Gasteiger partial charge in [0.05, 0.1) is 24.4 Å². The Morgan fingerprint density at radius 1 is 0.810 bits per heavy atom. The molecule has 0 aromatic rings. The summed E-state index contributed by atoms with van der Waals surface area (Å²) < 4.78 is 42.8. The maximum Gasteiger partial charge on any atom is 0.329 e. The molecular formula is C64H106N4O16. The Morgan fingerprint density at radius 2 is 1.50 bits per heavy atom. The van der Waals surface area contributed by atoms with Crippen molar-refractivity contribution < 1.29 is 77.6 Å². The van der Waals surface area contributed by atoms with Gasteiger partial charge in [0.1, 0.15) is 37.1 Å². The van der Waals surface area contributed by atoms with Crippen LogP contribution in [0.1, 0.15) is 145 Å². The summed E-state index contributed by atoms with van der Waals surface area (Å²) in [6.45, 7) is 18.1. The van der Waals surface area contributed by atoms with Crippen molar-refractivity contribution in [3.63, 3.8) is 0 Å². The number of cyclic esters (lactones) is 1. The number of allylic oxidation sites excluding steroid dienone is 5. The maximum atomic E-state index is 14.8. The summed E-state index contributed by atoms with van der Waals surface area (Å²) in [6.07, 6.45) is 15.4. The highest BCUT2D eigenvalue weighted by atomic mass is 16.6. The number of likely N-dealkylation sites (N-methyl/N-ethyl adjacent to an activating group) is 1. The number of amides is 1. The minimum absolute atomic E-state index is 0.115. The van der Waals surface area contributed by atoms with E-state index in [0.717, 1.165) is 57.6 Å². The number of aliphatic carboxylic acids is 1. The van der Waals surface area contributed by atoms with Crippen molar-refractivity contribution in [1.82, 2.24) is 14.7 Å². The van der Waals surface area contributed by atoms with E-state index in [1.165, 1.54) is 12.0 Å². The molecule has 4 fully saturated rings. The van der Waals surface area contributed by atoms with Crippen LogP contribution in [0.15, 0.2) is 47.6 Å². The molecule has 4 aliphatic heterocycles. The Labute approximate surface area is 501 Å². The average Bonchev–Trinajstić information content (AvgIpc) is 1.70. The second kappa shape index (κ2) is 36.2. The quantitative estimate of drug-likeness (QED) is 0.0502. The van der Waals surface area contributed by atoms with Crippen LogP contribution in [0.2, 0.25) is 0 Å². The number of carbonyl (C=O) groups is 5. The fourth-order valence-electron chi connectivity index (χ4n) is 12.6. The highest BCUT2D eigenvalue weighted by Crippen LogP contribution is 2.39. The molecule has 1 aliphatic carbocycles. The highest BCUT2D eigenvalue weighted by molar-refractivity contribution is 6.39. The Morgan fingerprint density at radius 3 is 2.14 bits per heavy atom. The third kappa shape index (κ3) is 21.9. The van der Waals surface area contributed by atoms with E-state index >= 15 is 0 Å². The molecule has 4 heterocycles. The Hall–Kier alpha value is -4.22. The molecule has 5 aliphatic rings. The lowest BCUT2D eigenvalue weighted by Gasteiger charge is -2.43. The molecule has 5 N–H and O–H groups in total. The number of nitrogens with zero attached hydrogens (tertiary/aromatic N) is 3. The number of hydrogen-bond donors (Lipinski definition) is 5. The number of unbranched alkanes of at least 4 members (excludes halogenated alkanes) is 1. The first kappa shape index (κ1) is 72.3. The van der Waals surface area contributed by atoms with Crippen LogP contribution >= 0.6 is 0 Å². The van der Waals surface area contributed by atoms with Gasteiger partial charge in [0, 0.05) is 98.0 Å². The number of carboxylic acids is 1. The van der Waals surface area contributed by atoms with Gasteiger partial charge in [-0.3, -0.25) is 14.4 Å². The van der Waals surface area contributed by atoms with Crippen LogP contribution in [-0.2, 0) is 57.1 Å². The van der Waals surface area contributed by atoms with Gasteiger partial charge in [-0.05, 0) is 139 Å². The number of piperidine rings is 1. The number of ether oxygens (including phenoxy) is 7.